The van der Waals surface area contributed by atoms with Gasteiger partial charge in [0.1, 0.15) is 17.3 Å². The molecule has 1 heterocycles. The molecule has 1 aromatic carbocycles. The minimum atomic E-state index is -0.631. The molecule has 0 N–H and O–H groups in total. The van der Waals surface area contributed by atoms with Gasteiger partial charge in [0, 0.05) is 12.6 Å². The van der Waals surface area contributed by atoms with E-state index in [0.29, 0.717) is 28.5 Å². The van der Waals surface area contributed by atoms with Crippen molar-refractivity contribution in [1.82, 2.24) is 9.78 Å². The van der Waals surface area contributed by atoms with Crippen molar-refractivity contribution in [2.24, 2.45) is 0 Å². The van der Waals surface area contributed by atoms with E-state index in [9.17, 15) is 10.1 Å². The molecular formula is C23H26ClN3O3. The van der Waals surface area contributed by atoms with Gasteiger partial charge in [-0.05, 0) is 30.4 Å². The lowest BCUT2D eigenvalue weighted by molar-refractivity contribution is -0.145. The fraction of sp³-hybridized carbons (Fsp3) is 0.348. The summed E-state index contributed by atoms with van der Waals surface area (Å²) in [4.78, 5) is 11.4. The molecule has 0 radical (unpaired) electrons. The van der Waals surface area contributed by atoms with Crippen molar-refractivity contribution in [3.63, 3.8) is 0 Å². The Labute approximate surface area is 182 Å². The van der Waals surface area contributed by atoms with Crippen molar-refractivity contribution in [3.8, 4) is 6.07 Å². The van der Waals surface area contributed by atoms with E-state index < -0.39 is 12.8 Å². The number of allylic oxidation sites excluding steroid dienone is 1. The lowest BCUT2D eigenvalue weighted by atomic mass is 9.86. The molecule has 0 unspecified atom stereocenters. The summed E-state index contributed by atoms with van der Waals surface area (Å²) in [7, 11) is 0. The van der Waals surface area contributed by atoms with E-state index in [1.54, 1.807) is 11.6 Å². The smallest absolute Gasteiger partial charge is 0.333 e. The van der Waals surface area contributed by atoms with Crippen molar-refractivity contribution in [1.29, 1.82) is 5.26 Å². The lowest BCUT2D eigenvalue weighted by Crippen LogP contribution is -2.11. The van der Waals surface area contributed by atoms with Crippen LogP contribution in [-0.2, 0) is 26.2 Å². The van der Waals surface area contributed by atoms with Crippen LogP contribution in [0.25, 0.3) is 11.3 Å². The average molecular weight is 428 g/mol. The van der Waals surface area contributed by atoms with Crippen LogP contribution in [0.1, 0.15) is 50.2 Å². The Balaban J connectivity index is 2.63. The second-order valence-electron chi connectivity index (χ2n) is 7.64. The van der Waals surface area contributed by atoms with Gasteiger partial charge in [-0.3, -0.25) is 4.68 Å². The molecule has 0 saturated heterocycles. The summed E-state index contributed by atoms with van der Waals surface area (Å²) in [5.74, 6) is -0.431. The van der Waals surface area contributed by atoms with Crippen molar-refractivity contribution >= 4 is 28.9 Å². The van der Waals surface area contributed by atoms with E-state index >= 15 is 0 Å². The van der Waals surface area contributed by atoms with Crippen LogP contribution < -0.4 is 0 Å². The predicted molar refractivity (Wildman–Crippen MR) is 117 cm³/mol. The Morgan fingerprint density at radius 3 is 2.43 bits per heavy atom. The summed E-state index contributed by atoms with van der Waals surface area (Å²) in [5.41, 5.74) is 3.11. The average Bonchev–Trinajstić information content (AvgIpc) is 3.00. The number of hydrogen-bond donors (Lipinski definition) is 0. The maximum absolute atomic E-state index is 11.4. The number of esters is 1. The van der Waals surface area contributed by atoms with Crippen molar-refractivity contribution in [2.45, 2.75) is 46.6 Å². The van der Waals surface area contributed by atoms with E-state index in [2.05, 4.69) is 38.5 Å². The Morgan fingerprint density at radius 2 is 1.93 bits per heavy atom. The first-order valence-electron chi connectivity index (χ1n) is 9.54. The second kappa shape index (κ2) is 9.64. The Morgan fingerprint density at radius 1 is 1.30 bits per heavy atom. The zero-order chi connectivity index (χ0) is 22.5. The highest BCUT2D eigenvalue weighted by atomic mass is 35.5. The third kappa shape index (κ3) is 5.11. The second-order valence-corrected chi connectivity index (χ2v) is 8.01. The number of nitriles is 1. The van der Waals surface area contributed by atoms with Crippen LogP contribution in [0.3, 0.4) is 0 Å². The largest absolute Gasteiger partial charge is 0.454 e. The van der Waals surface area contributed by atoms with E-state index in [1.165, 1.54) is 0 Å². The molecule has 0 saturated carbocycles. The van der Waals surface area contributed by atoms with Crippen LogP contribution in [0, 0.1) is 18.3 Å². The summed E-state index contributed by atoms with van der Waals surface area (Å²) >= 11 is 6.50. The number of carbonyl (C=O) groups excluding carboxylic acids is 1. The first-order valence-corrected chi connectivity index (χ1v) is 9.92. The molecule has 0 fully saturated rings. The minimum Gasteiger partial charge on any atom is -0.454 e. The Hall–Kier alpha value is -3.04. The van der Waals surface area contributed by atoms with Crippen LogP contribution in [0.5, 0.6) is 0 Å². The van der Waals surface area contributed by atoms with Gasteiger partial charge >= 0.3 is 5.97 Å². The number of ether oxygens (including phenoxy) is 2. The highest BCUT2D eigenvalue weighted by Crippen LogP contribution is 2.34. The lowest BCUT2D eigenvalue weighted by Gasteiger charge is -2.19. The van der Waals surface area contributed by atoms with E-state index in [-0.39, 0.29) is 16.7 Å². The molecule has 7 heteroatoms. The first kappa shape index (κ1) is 23.2. The summed E-state index contributed by atoms with van der Waals surface area (Å²) in [6.07, 6.45) is 1.04. The Kier molecular flexibility index (Phi) is 7.47. The van der Waals surface area contributed by atoms with Gasteiger partial charge in [-0.15, -0.1) is 0 Å². The molecular weight excluding hydrogens is 402 g/mol. The fourth-order valence-corrected chi connectivity index (χ4v) is 3.07. The molecule has 30 heavy (non-hydrogen) atoms. The van der Waals surface area contributed by atoms with Crippen LogP contribution in [0.2, 0.25) is 5.02 Å². The molecule has 6 nitrogen and oxygen atoms in total. The quantitative estimate of drug-likeness (QED) is 0.198. The van der Waals surface area contributed by atoms with Gasteiger partial charge in [0.25, 0.3) is 0 Å². The maximum atomic E-state index is 11.4. The minimum absolute atomic E-state index is 0.0193. The van der Waals surface area contributed by atoms with Gasteiger partial charge in [0.2, 0.25) is 6.79 Å². The third-order valence-corrected chi connectivity index (χ3v) is 4.97. The molecule has 0 aliphatic heterocycles. The van der Waals surface area contributed by atoms with Crippen LogP contribution in [-0.4, -0.2) is 22.5 Å². The molecule has 0 bridgehead atoms. The number of hydrogen-bond acceptors (Lipinski definition) is 5. The van der Waals surface area contributed by atoms with E-state index in [0.717, 1.165) is 11.6 Å². The number of halogens is 1. The standard InChI is InChI=1S/C23H26ClN3O3/c1-7-19(28)29-14-30-22(21-20(24)15(3)26-27(21)8-2)18(13-25)16-9-11-17(12-10-16)23(4,5)6/h7,9-12H,1,8,14H2,2-6H3/b22-18-. The Bertz CT molecular complexity index is 1010. The van der Waals surface area contributed by atoms with Crippen LogP contribution in [0.15, 0.2) is 36.9 Å². The van der Waals surface area contributed by atoms with E-state index in [1.807, 2.05) is 31.2 Å². The normalized spacial score (nSPS) is 12.0. The molecule has 2 aromatic rings. The fourth-order valence-electron chi connectivity index (χ4n) is 2.85. The summed E-state index contributed by atoms with van der Waals surface area (Å²) in [5, 5.41) is 14.8. The summed E-state index contributed by atoms with van der Waals surface area (Å²) < 4.78 is 12.4. The monoisotopic (exact) mass is 427 g/mol. The molecule has 0 aliphatic rings. The topological polar surface area (TPSA) is 77.1 Å². The highest BCUT2D eigenvalue weighted by Gasteiger charge is 2.24. The summed E-state index contributed by atoms with van der Waals surface area (Å²) in [6.45, 7) is 13.5. The van der Waals surface area contributed by atoms with Gasteiger partial charge in [0.15, 0.2) is 5.76 Å². The van der Waals surface area contributed by atoms with Gasteiger partial charge in [0.05, 0.1) is 10.7 Å². The van der Waals surface area contributed by atoms with E-state index in [4.69, 9.17) is 21.1 Å². The molecule has 1 aromatic heterocycles. The predicted octanol–water partition coefficient (Wildman–Crippen LogP) is 5.26. The summed E-state index contributed by atoms with van der Waals surface area (Å²) in [6, 6.07) is 9.90. The van der Waals surface area contributed by atoms with Crippen molar-refractivity contribution in [3.05, 3.63) is 64.5 Å². The van der Waals surface area contributed by atoms with Gasteiger partial charge in [-0.25, -0.2) is 4.79 Å². The number of carbonyl (C=O) groups is 1. The van der Waals surface area contributed by atoms with Crippen molar-refractivity contribution in [2.75, 3.05) is 6.79 Å². The zero-order valence-corrected chi connectivity index (χ0v) is 18.7. The number of rotatable bonds is 7. The number of nitrogens with zero attached hydrogens (tertiary/aromatic N) is 3. The number of aryl methyl sites for hydroxylation is 2. The van der Waals surface area contributed by atoms with Crippen molar-refractivity contribution < 1.29 is 14.3 Å². The molecule has 0 amide bonds. The first-order chi connectivity index (χ1) is 14.1. The molecule has 0 aliphatic carbocycles. The van der Waals surface area contributed by atoms with Gasteiger partial charge < -0.3 is 9.47 Å². The van der Waals surface area contributed by atoms with Crippen LogP contribution in [0.4, 0.5) is 0 Å². The van der Waals surface area contributed by atoms with Gasteiger partial charge in [-0.2, -0.15) is 10.4 Å². The highest BCUT2D eigenvalue weighted by molar-refractivity contribution is 6.33. The SMILES string of the molecule is C=CC(=O)OCO/C(=C(/C#N)c1ccc(C(C)(C)C)cc1)c1c(Cl)c(C)nn1CC. The third-order valence-electron chi connectivity index (χ3n) is 4.52. The maximum Gasteiger partial charge on any atom is 0.333 e. The van der Waals surface area contributed by atoms with Crippen LogP contribution >= 0.6 is 11.6 Å². The number of aromatic nitrogens is 2. The molecule has 0 atom stereocenters. The number of benzene rings is 1. The molecule has 158 valence electrons. The molecule has 0 spiro atoms. The zero-order valence-electron chi connectivity index (χ0n) is 18.0. The van der Waals surface area contributed by atoms with Gasteiger partial charge in [-0.1, -0.05) is 63.2 Å². The molecule has 2 rings (SSSR count).